The molecule has 0 bridgehead atoms. The molecule has 2 aromatic heterocycles. The number of anilines is 1. The first-order valence-electron chi connectivity index (χ1n) is 10.1. The highest BCUT2D eigenvalue weighted by molar-refractivity contribution is 5.97. The molecule has 7 heteroatoms. The zero-order valence-electron chi connectivity index (χ0n) is 16.2. The molecule has 0 unspecified atom stereocenters. The van der Waals surface area contributed by atoms with Gasteiger partial charge in [-0.1, -0.05) is 18.5 Å². The highest BCUT2D eigenvalue weighted by Gasteiger charge is 2.20. The van der Waals surface area contributed by atoms with E-state index in [0.29, 0.717) is 17.2 Å². The molecule has 0 spiro atoms. The number of piperidine rings is 1. The van der Waals surface area contributed by atoms with Crippen LogP contribution in [0.25, 0.3) is 22.4 Å². The van der Waals surface area contributed by atoms with Crippen molar-refractivity contribution in [3.8, 4) is 11.3 Å². The minimum Gasteiger partial charge on any atom is -0.369 e. The fraction of sp³-hybridized carbons (Fsp3) is 0.476. The number of hydrogen-bond donors (Lipinski definition) is 1. The molecule has 1 N–H and O–H groups in total. The van der Waals surface area contributed by atoms with Gasteiger partial charge in [0.1, 0.15) is 29.0 Å². The van der Waals surface area contributed by atoms with Crippen molar-refractivity contribution < 1.29 is 8.91 Å². The smallest absolute Gasteiger partial charge is 0.263 e. The van der Waals surface area contributed by atoms with E-state index in [1.807, 2.05) is 0 Å². The highest BCUT2D eigenvalue weighted by atomic mass is 19.1. The number of halogens is 1. The molecule has 3 heterocycles. The van der Waals surface area contributed by atoms with Gasteiger partial charge in [0.25, 0.3) is 5.71 Å². The molecule has 0 amide bonds. The molecule has 1 aliphatic rings. The standard InChI is InChI=1S/C21H26FN5O/c1-2-17-6-3-4-12-27(17)13-5-11-23-20-18-19(15-7-9-16(22)10-8-15)26-28-21(18)25-14-24-20/h7-10,14,17H,2-6,11-13H2,1H3,(H,23,24,25)/t17-/m0/s1. The molecule has 0 radical (unpaired) electrons. The number of aromatic nitrogens is 3. The zero-order valence-corrected chi connectivity index (χ0v) is 16.2. The summed E-state index contributed by atoms with van der Waals surface area (Å²) < 4.78 is 18.6. The summed E-state index contributed by atoms with van der Waals surface area (Å²) in [7, 11) is 0. The maximum Gasteiger partial charge on any atom is 0.263 e. The van der Waals surface area contributed by atoms with Gasteiger partial charge in [-0.25, -0.2) is 9.37 Å². The molecule has 28 heavy (non-hydrogen) atoms. The van der Waals surface area contributed by atoms with E-state index in [1.165, 1.54) is 50.7 Å². The van der Waals surface area contributed by atoms with Gasteiger partial charge in [0, 0.05) is 24.7 Å². The van der Waals surface area contributed by atoms with Crippen molar-refractivity contribution in [1.29, 1.82) is 0 Å². The summed E-state index contributed by atoms with van der Waals surface area (Å²) in [5.41, 5.74) is 1.83. The molecule has 1 fully saturated rings. The average Bonchev–Trinajstić information content (AvgIpc) is 3.17. The molecule has 1 aliphatic heterocycles. The average molecular weight is 383 g/mol. The molecular formula is C21H26FN5O. The van der Waals surface area contributed by atoms with E-state index < -0.39 is 0 Å². The maximum atomic E-state index is 13.2. The SMILES string of the molecule is CC[C@H]1CCCCN1CCCNc1ncnc2onc(-c3ccc(F)cc3)c12. The molecular weight excluding hydrogens is 357 g/mol. The second-order valence-electron chi connectivity index (χ2n) is 7.31. The molecule has 3 aromatic rings. The van der Waals surface area contributed by atoms with Crippen LogP contribution in [0, 0.1) is 5.82 Å². The van der Waals surface area contributed by atoms with Crippen molar-refractivity contribution in [2.45, 2.75) is 45.1 Å². The second-order valence-corrected chi connectivity index (χ2v) is 7.31. The van der Waals surface area contributed by atoms with Crippen molar-refractivity contribution in [1.82, 2.24) is 20.0 Å². The number of nitrogens with zero attached hydrogens (tertiary/aromatic N) is 4. The molecule has 1 aromatic carbocycles. The van der Waals surface area contributed by atoms with E-state index in [2.05, 4.69) is 32.3 Å². The molecule has 4 rings (SSSR count). The van der Waals surface area contributed by atoms with Crippen LogP contribution >= 0.6 is 0 Å². The van der Waals surface area contributed by atoms with Crippen LogP contribution in [-0.2, 0) is 0 Å². The van der Waals surface area contributed by atoms with Crippen LogP contribution in [0.1, 0.15) is 39.0 Å². The van der Waals surface area contributed by atoms with Crippen molar-refractivity contribution >= 4 is 16.9 Å². The van der Waals surface area contributed by atoms with Gasteiger partial charge in [0.2, 0.25) is 0 Å². The van der Waals surface area contributed by atoms with E-state index in [1.54, 1.807) is 12.1 Å². The van der Waals surface area contributed by atoms with E-state index in [4.69, 9.17) is 4.52 Å². The Labute approximate surface area is 164 Å². The number of fused-ring (bicyclic) bond motifs is 1. The molecule has 6 nitrogen and oxygen atoms in total. The Morgan fingerprint density at radius 3 is 2.89 bits per heavy atom. The lowest BCUT2D eigenvalue weighted by atomic mass is 10.00. The number of benzene rings is 1. The van der Waals surface area contributed by atoms with Gasteiger partial charge < -0.3 is 14.7 Å². The van der Waals surface area contributed by atoms with Gasteiger partial charge in [0.05, 0.1) is 0 Å². The molecule has 0 saturated carbocycles. The normalized spacial score (nSPS) is 17.9. The molecule has 0 aliphatic carbocycles. The summed E-state index contributed by atoms with van der Waals surface area (Å²) in [6.07, 6.45) is 7.71. The maximum absolute atomic E-state index is 13.2. The molecule has 1 saturated heterocycles. The fourth-order valence-electron chi connectivity index (χ4n) is 4.03. The number of likely N-dealkylation sites (tertiary alicyclic amines) is 1. The van der Waals surface area contributed by atoms with Crippen molar-refractivity contribution in [2.24, 2.45) is 0 Å². The van der Waals surface area contributed by atoms with Crippen molar-refractivity contribution in [2.75, 3.05) is 25.0 Å². The van der Waals surface area contributed by atoms with Gasteiger partial charge in [-0.15, -0.1) is 0 Å². The van der Waals surface area contributed by atoms with E-state index in [9.17, 15) is 4.39 Å². The summed E-state index contributed by atoms with van der Waals surface area (Å²) in [6.45, 7) is 5.39. The lowest BCUT2D eigenvalue weighted by Gasteiger charge is -2.35. The summed E-state index contributed by atoms with van der Waals surface area (Å²) in [5.74, 6) is 0.422. The van der Waals surface area contributed by atoms with Crippen LogP contribution in [0.3, 0.4) is 0 Å². The van der Waals surface area contributed by atoms with Crippen LogP contribution in [-0.4, -0.2) is 45.7 Å². The Morgan fingerprint density at radius 1 is 1.21 bits per heavy atom. The van der Waals surface area contributed by atoms with Crippen LogP contribution in [0.4, 0.5) is 10.2 Å². The largest absolute Gasteiger partial charge is 0.369 e. The topological polar surface area (TPSA) is 67.1 Å². The minimum absolute atomic E-state index is 0.283. The quantitative estimate of drug-likeness (QED) is 0.606. The van der Waals surface area contributed by atoms with Crippen LogP contribution in [0.15, 0.2) is 35.1 Å². The van der Waals surface area contributed by atoms with Crippen LogP contribution < -0.4 is 5.32 Å². The first kappa shape index (κ1) is 18.8. The number of rotatable bonds is 7. The van der Waals surface area contributed by atoms with E-state index in [-0.39, 0.29) is 5.82 Å². The summed E-state index contributed by atoms with van der Waals surface area (Å²) in [6, 6.07) is 6.92. The predicted molar refractivity (Wildman–Crippen MR) is 108 cm³/mol. The van der Waals surface area contributed by atoms with E-state index >= 15 is 0 Å². The first-order chi connectivity index (χ1) is 13.8. The predicted octanol–water partition coefficient (Wildman–Crippen LogP) is 4.49. The monoisotopic (exact) mass is 383 g/mol. The Kier molecular flexibility index (Phi) is 5.81. The Hall–Kier alpha value is -2.54. The Balaban J connectivity index is 1.45. The lowest BCUT2D eigenvalue weighted by molar-refractivity contribution is 0.144. The molecule has 148 valence electrons. The van der Waals surface area contributed by atoms with Gasteiger partial charge in [-0.2, -0.15) is 4.98 Å². The summed E-state index contributed by atoms with van der Waals surface area (Å²) in [4.78, 5) is 11.2. The molecule has 1 atom stereocenters. The summed E-state index contributed by atoms with van der Waals surface area (Å²) >= 11 is 0. The number of nitrogens with one attached hydrogen (secondary N) is 1. The van der Waals surface area contributed by atoms with Gasteiger partial charge in [-0.3, -0.25) is 0 Å². The second kappa shape index (κ2) is 8.65. The lowest BCUT2D eigenvalue weighted by Crippen LogP contribution is -2.40. The van der Waals surface area contributed by atoms with Crippen LogP contribution in [0.5, 0.6) is 0 Å². The van der Waals surface area contributed by atoms with Gasteiger partial charge in [-0.05, 0) is 56.5 Å². The fourth-order valence-corrected chi connectivity index (χ4v) is 4.03. The van der Waals surface area contributed by atoms with E-state index in [0.717, 1.165) is 36.5 Å². The Morgan fingerprint density at radius 2 is 2.07 bits per heavy atom. The third-order valence-corrected chi connectivity index (χ3v) is 5.53. The van der Waals surface area contributed by atoms with Gasteiger partial charge >= 0.3 is 0 Å². The minimum atomic E-state index is -0.283. The van der Waals surface area contributed by atoms with Crippen molar-refractivity contribution in [3.05, 3.63) is 36.4 Å². The van der Waals surface area contributed by atoms with Crippen molar-refractivity contribution in [3.63, 3.8) is 0 Å². The first-order valence-corrected chi connectivity index (χ1v) is 10.1. The van der Waals surface area contributed by atoms with Gasteiger partial charge in [0.15, 0.2) is 0 Å². The van der Waals surface area contributed by atoms with Crippen LogP contribution in [0.2, 0.25) is 0 Å². The third kappa shape index (κ3) is 3.99. The highest BCUT2D eigenvalue weighted by Crippen LogP contribution is 2.31. The zero-order chi connectivity index (χ0) is 19.3. The third-order valence-electron chi connectivity index (χ3n) is 5.53. The summed E-state index contributed by atoms with van der Waals surface area (Å²) in [5, 5.41) is 8.28. The Bertz CT molecular complexity index is 911. The number of hydrogen-bond acceptors (Lipinski definition) is 6.